The zero-order valence-corrected chi connectivity index (χ0v) is 14.8. The van der Waals surface area contributed by atoms with Gasteiger partial charge in [0.05, 0.1) is 12.0 Å². The van der Waals surface area contributed by atoms with E-state index >= 15 is 0 Å². The van der Waals surface area contributed by atoms with Crippen molar-refractivity contribution < 1.29 is 19.2 Å². The Morgan fingerprint density at radius 2 is 1.77 bits per heavy atom. The number of hydrogen-bond acceptors (Lipinski definition) is 4. The van der Waals surface area contributed by atoms with E-state index in [0.717, 1.165) is 56.5 Å². The third-order valence-corrected chi connectivity index (χ3v) is 5.98. The van der Waals surface area contributed by atoms with Gasteiger partial charge in [-0.05, 0) is 31.7 Å². The predicted octanol–water partition coefficient (Wildman–Crippen LogP) is 1.75. The van der Waals surface area contributed by atoms with Crippen LogP contribution in [0, 0.1) is 5.41 Å². The monoisotopic (exact) mass is 357 g/mol. The molecule has 1 aromatic rings. The lowest BCUT2D eigenvalue weighted by molar-refractivity contribution is -0.140. The van der Waals surface area contributed by atoms with Crippen LogP contribution in [0.15, 0.2) is 12.3 Å². The van der Waals surface area contributed by atoms with Crippen LogP contribution in [0.25, 0.3) is 0 Å². The Labute approximate surface area is 151 Å². The zero-order chi connectivity index (χ0) is 18.3. The largest absolute Gasteiger partial charge is 0.356 e. The number of aromatic nitrogens is 1. The Hall–Kier alpha value is -2.44. The Morgan fingerprint density at radius 1 is 1.08 bits per heavy atom. The molecule has 0 atom stereocenters. The molecule has 138 valence electrons. The summed E-state index contributed by atoms with van der Waals surface area (Å²) in [5.41, 5.74) is 0.147. The van der Waals surface area contributed by atoms with Crippen molar-refractivity contribution in [3.05, 3.63) is 23.5 Å². The molecule has 2 aliphatic heterocycles. The smallest absolute Gasteiger partial charge is 0.270 e. The zero-order valence-electron chi connectivity index (χ0n) is 14.8. The molecule has 3 aliphatic rings. The van der Waals surface area contributed by atoms with Gasteiger partial charge < -0.3 is 9.88 Å². The number of ketones is 1. The van der Waals surface area contributed by atoms with Crippen molar-refractivity contribution in [2.45, 2.75) is 44.9 Å². The topological polar surface area (TPSA) is 90.5 Å². The third kappa shape index (κ3) is 2.75. The normalized spacial score (nSPS) is 22.0. The number of rotatable bonds is 4. The average Bonchev–Trinajstić information content (AvgIpc) is 3.41. The van der Waals surface area contributed by atoms with E-state index in [-0.39, 0.29) is 36.5 Å². The second kappa shape index (κ2) is 6.37. The summed E-state index contributed by atoms with van der Waals surface area (Å²) >= 11 is 0. The maximum atomic E-state index is 12.7. The molecule has 0 bridgehead atoms. The van der Waals surface area contributed by atoms with Crippen LogP contribution in [-0.2, 0) is 9.59 Å². The molecule has 3 fully saturated rings. The Morgan fingerprint density at radius 3 is 2.46 bits per heavy atom. The fourth-order valence-electron chi connectivity index (χ4n) is 4.47. The van der Waals surface area contributed by atoms with Gasteiger partial charge in [-0.15, -0.1) is 0 Å². The predicted molar refractivity (Wildman–Crippen MR) is 92.5 cm³/mol. The Kier molecular flexibility index (Phi) is 4.17. The average molecular weight is 357 g/mol. The number of carbonyl (C=O) groups is 4. The van der Waals surface area contributed by atoms with Crippen molar-refractivity contribution in [1.82, 2.24) is 14.8 Å². The number of H-pyrrole nitrogens is 1. The van der Waals surface area contributed by atoms with Gasteiger partial charge in [0.1, 0.15) is 5.69 Å². The molecule has 0 unspecified atom stereocenters. The summed E-state index contributed by atoms with van der Waals surface area (Å²) in [5.74, 6) is -0.885. The van der Waals surface area contributed by atoms with Crippen molar-refractivity contribution in [2.75, 3.05) is 19.6 Å². The van der Waals surface area contributed by atoms with Crippen molar-refractivity contribution >= 4 is 23.5 Å². The highest BCUT2D eigenvalue weighted by atomic mass is 16.2. The maximum Gasteiger partial charge on any atom is 0.270 e. The molecule has 0 radical (unpaired) electrons. The van der Waals surface area contributed by atoms with Crippen LogP contribution in [0.3, 0.4) is 0 Å². The number of hydrogen-bond donors (Lipinski definition) is 1. The molecule has 0 aromatic carbocycles. The molecule has 7 heteroatoms. The summed E-state index contributed by atoms with van der Waals surface area (Å²) in [6.45, 7) is 1.23. The molecule has 4 rings (SSSR count). The molecule has 7 nitrogen and oxygen atoms in total. The highest BCUT2D eigenvalue weighted by Crippen LogP contribution is 2.46. The van der Waals surface area contributed by atoms with E-state index in [0.29, 0.717) is 11.3 Å². The Balaban J connectivity index is 1.44. The lowest BCUT2D eigenvalue weighted by atomic mass is 9.84. The fourth-order valence-corrected chi connectivity index (χ4v) is 4.47. The van der Waals surface area contributed by atoms with Crippen molar-refractivity contribution in [3.63, 3.8) is 0 Å². The fraction of sp³-hybridized carbons (Fsp3) is 0.579. The van der Waals surface area contributed by atoms with E-state index in [1.54, 1.807) is 4.90 Å². The minimum atomic E-state index is -0.563. The van der Waals surface area contributed by atoms with Crippen LogP contribution in [0.4, 0.5) is 0 Å². The number of carbonyl (C=O) groups excluding carboxylic acids is 4. The molecule has 1 N–H and O–H groups in total. The van der Waals surface area contributed by atoms with Gasteiger partial charge in [0.25, 0.3) is 5.91 Å². The van der Waals surface area contributed by atoms with Crippen LogP contribution in [-0.4, -0.2) is 57.9 Å². The van der Waals surface area contributed by atoms with E-state index in [1.807, 2.05) is 0 Å². The number of imide groups is 1. The van der Waals surface area contributed by atoms with Crippen molar-refractivity contribution in [3.8, 4) is 0 Å². The molecular weight excluding hydrogens is 334 g/mol. The molecular formula is C19H23N3O4. The first-order valence-corrected chi connectivity index (χ1v) is 9.36. The van der Waals surface area contributed by atoms with Gasteiger partial charge in [0.2, 0.25) is 11.8 Å². The van der Waals surface area contributed by atoms with Crippen LogP contribution < -0.4 is 0 Å². The number of nitrogens with zero attached hydrogens (tertiary/aromatic N) is 2. The highest BCUT2D eigenvalue weighted by Gasteiger charge is 2.52. The standard InChI is InChI=1S/C19H23N3O4/c23-15(12-22-16(24)10-19(18(22)26)5-1-2-6-19)13-9-14(20-11-13)17(25)21-7-3-4-8-21/h9,11,20H,1-8,10,12H2. The summed E-state index contributed by atoms with van der Waals surface area (Å²) in [6.07, 6.45) is 7.11. The Bertz CT molecular complexity index is 770. The quantitative estimate of drug-likeness (QED) is 0.657. The minimum absolute atomic E-state index is 0.111. The first kappa shape index (κ1) is 17.0. The van der Waals surface area contributed by atoms with Crippen LogP contribution in [0.1, 0.15) is 65.8 Å². The third-order valence-electron chi connectivity index (χ3n) is 5.98. The van der Waals surface area contributed by atoms with Gasteiger partial charge in [0, 0.05) is 31.3 Å². The number of aromatic amines is 1. The van der Waals surface area contributed by atoms with E-state index in [2.05, 4.69) is 4.98 Å². The molecule has 3 heterocycles. The molecule has 2 saturated heterocycles. The number of likely N-dealkylation sites (tertiary alicyclic amines) is 2. The highest BCUT2D eigenvalue weighted by molar-refractivity contribution is 6.10. The summed E-state index contributed by atoms with van der Waals surface area (Å²) in [4.78, 5) is 55.6. The minimum Gasteiger partial charge on any atom is -0.356 e. The van der Waals surface area contributed by atoms with E-state index in [1.165, 1.54) is 12.3 Å². The number of nitrogens with one attached hydrogen (secondary N) is 1. The summed E-state index contributed by atoms with van der Waals surface area (Å²) in [5, 5.41) is 0. The van der Waals surface area contributed by atoms with Crippen molar-refractivity contribution in [1.29, 1.82) is 0 Å². The summed E-state index contributed by atoms with van der Waals surface area (Å²) < 4.78 is 0. The number of Topliss-reactive ketones (excluding diaryl/α,β-unsaturated/α-hetero) is 1. The van der Waals surface area contributed by atoms with Gasteiger partial charge in [0.15, 0.2) is 5.78 Å². The first-order valence-electron chi connectivity index (χ1n) is 9.36. The van der Waals surface area contributed by atoms with Crippen LogP contribution in [0.5, 0.6) is 0 Å². The van der Waals surface area contributed by atoms with Gasteiger partial charge in [-0.25, -0.2) is 0 Å². The number of amides is 3. The van der Waals surface area contributed by atoms with Crippen LogP contribution >= 0.6 is 0 Å². The summed E-state index contributed by atoms with van der Waals surface area (Å²) in [6, 6.07) is 1.53. The molecule has 3 amide bonds. The van der Waals surface area contributed by atoms with E-state index in [9.17, 15) is 19.2 Å². The molecule has 1 spiro atoms. The molecule has 1 aliphatic carbocycles. The molecule has 1 saturated carbocycles. The second-order valence-electron chi connectivity index (χ2n) is 7.67. The SMILES string of the molecule is O=C(CN1C(=O)CC2(CCCC2)C1=O)c1c[nH]c(C(=O)N2CCCC2)c1. The van der Waals surface area contributed by atoms with Gasteiger partial charge in [-0.3, -0.25) is 24.1 Å². The second-order valence-corrected chi connectivity index (χ2v) is 7.67. The summed E-state index contributed by atoms with van der Waals surface area (Å²) in [7, 11) is 0. The lowest BCUT2D eigenvalue weighted by Crippen LogP contribution is -2.38. The van der Waals surface area contributed by atoms with Gasteiger partial charge in [-0.1, -0.05) is 12.8 Å². The van der Waals surface area contributed by atoms with Crippen molar-refractivity contribution in [2.24, 2.45) is 5.41 Å². The van der Waals surface area contributed by atoms with Crippen LogP contribution in [0.2, 0.25) is 0 Å². The lowest BCUT2D eigenvalue weighted by Gasteiger charge is -2.20. The van der Waals surface area contributed by atoms with Gasteiger partial charge >= 0.3 is 0 Å². The first-order chi connectivity index (χ1) is 12.5. The van der Waals surface area contributed by atoms with Gasteiger partial charge in [-0.2, -0.15) is 0 Å². The van der Waals surface area contributed by atoms with E-state index in [4.69, 9.17) is 0 Å². The molecule has 26 heavy (non-hydrogen) atoms. The molecule has 1 aromatic heterocycles. The maximum absolute atomic E-state index is 12.7. The van der Waals surface area contributed by atoms with E-state index < -0.39 is 5.41 Å².